The lowest BCUT2D eigenvalue weighted by molar-refractivity contribution is -0.148. The molecule has 0 radical (unpaired) electrons. The Morgan fingerprint density at radius 3 is 2.21 bits per heavy atom. The van der Waals surface area contributed by atoms with Gasteiger partial charge in [0, 0.05) is 88.8 Å². The average Bonchev–Trinajstić information content (AvgIpc) is 3.71. The molecule has 7 rings (SSSR count). The van der Waals surface area contributed by atoms with E-state index < -0.39 is 30.6 Å². The number of carbonyl (C=O) groups excluding carboxylic acids is 5. The first-order chi connectivity index (χ1) is 22.5. The minimum absolute atomic E-state index is 0.0255. The van der Waals surface area contributed by atoms with Gasteiger partial charge in [-0.25, -0.2) is 13.8 Å². The molecule has 6 aliphatic rings. The summed E-state index contributed by atoms with van der Waals surface area (Å²) in [5, 5.41) is 0.980. The van der Waals surface area contributed by atoms with Crippen LogP contribution in [0, 0.1) is 18.8 Å². The molecule has 0 saturated carbocycles. The van der Waals surface area contributed by atoms with E-state index in [1.54, 1.807) is 21.1 Å². The minimum atomic E-state index is -2.82. The second-order valence-electron chi connectivity index (χ2n) is 14.0. The van der Waals surface area contributed by atoms with E-state index in [0.29, 0.717) is 45.4 Å². The Bertz CT molecular complexity index is 1360. The van der Waals surface area contributed by atoms with Crippen molar-refractivity contribution in [1.29, 1.82) is 0 Å². The maximum absolute atomic E-state index is 14.1. The summed E-state index contributed by atoms with van der Waals surface area (Å²) in [7, 11) is 0. The minimum Gasteiger partial charge on any atom is -0.343 e. The zero-order valence-electron chi connectivity index (χ0n) is 27.3. The topological polar surface area (TPSA) is 114 Å². The van der Waals surface area contributed by atoms with E-state index in [1.807, 2.05) is 11.8 Å². The van der Waals surface area contributed by atoms with Gasteiger partial charge in [-0.2, -0.15) is 0 Å². The number of nitrogens with zero attached hydrogens (tertiary/aromatic N) is 6. The first-order valence-corrected chi connectivity index (χ1v) is 18.0. The van der Waals surface area contributed by atoms with Gasteiger partial charge in [-0.15, -0.1) is 11.3 Å². The smallest absolute Gasteiger partial charge is 0.251 e. The largest absolute Gasteiger partial charge is 0.343 e. The standard InChI is InChI=1S/C33H46F2N6O5S/c1-22-26-18-29(44)40-13-6-24(16-27(42)37-9-2-3-10-37)25(19-40)17-28(43)41(21-31(46)39-14-7-33(34,35)8-15-39)20-30(45)38-11-4-23(5-12-38)32(36-26)47-22/h23-25H,2-21H2,1H3/t24-,25-/m0/s1. The van der Waals surface area contributed by atoms with Crippen molar-refractivity contribution < 1.29 is 32.8 Å². The lowest BCUT2D eigenvalue weighted by atomic mass is 9.80. The van der Waals surface area contributed by atoms with Gasteiger partial charge >= 0.3 is 0 Å². The number of hydrogen-bond acceptors (Lipinski definition) is 7. The maximum Gasteiger partial charge on any atom is 0.251 e. The van der Waals surface area contributed by atoms with Crippen molar-refractivity contribution in [2.24, 2.45) is 11.8 Å². The van der Waals surface area contributed by atoms with Gasteiger partial charge in [-0.3, -0.25) is 24.0 Å². The Balaban J connectivity index is 1.25. The second-order valence-corrected chi connectivity index (χ2v) is 15.3. The molecule has 0 unspecified atom stereocenters. The molecule has 4 fully saturated rings. The highest BCUT2D eigenvalue weighted by atomic mass is 32.1. The van der Waals surface area contributed by atoms with Crippen LogP contribution in [0.15, 0.2) is 0 Å². The van der Waals surface area contributed by atoms with E-state index in [0.717, 1.165) is 41.5 Å². The number of amides is 5. The number of alkyl halides is 2. The predicted molar refractivity (Wildman–Crippen MR) is 170 cm³/mol. The Kier molecular flexibility index (Phi) is 10.1. The Labute approximate surface area is 278 Å². The molecule has 47 heavy (non-hydrogen) atoms. The highest BCUT2D eigenvalue weighted by Crippen LogP contribution is 2.35. The van der Waals surface area contributed by atoms with Crippen LogP contribution in [-0.2, 0) is 30.4 Å². The van der Waals surface area contributed by atoms with Crippen molar-refractivity contribution in [3.05, 3.63) is 15.6 Å². The van der Waals surface area contributed by atoms with Gasteiger partial charge in [-0.05, 0) is 50.9 Å². The normalized spacial score (nSPS) is 27.4. The predicted octanol–water partition coefficient (Wildman–Crippen LogP) is 2.67. The summed E-state index contributed by atoms with van der Waals surface area (Å²) in [4.78, 5) is 81.8. The molecule has 7 heterocycles. The van der Waals surface area contributed by atoms with Crippen molar-refractivity contribution in [2.75, 3.05) is 65.4 Å². The zero-order valence-corrected chi connectivity index (χ0v) is 28.1. The maximum atomic E-state index is 14.1. The lowest BCUT2D eigenvalue weighted by Gasteiger charge is -2.40. The van der Waals surface area contributed by atoms with Crippen molar-refractivity contribution >= 4 is 40.9 Å². The van der Waals surface area contributed by atoms with Crippen LogP contribution in [0.2, 0.25) is 0 Å². The van der Waals surface area contributed by atoms with Crippen LogP contribution < -0.4 is 0 Å². The van der Waals surface area contributed by atoms with Crippen molar-refractivity contribution in [1.82, 2.24) is 29.5 Å². The molecular weight excluding hydrogens is 630 g/mol. The molecule has 258 valence electrons. The Hall–Kier alpha value is -3.16. The molecule has 6 aliphatic heterocycles. The molecular formula is C33H46F2N6O5S. The number of carbonyl (C=O) groups is 5. The molecule has 11 nitrogen and oxygen atoms in total. The van der Waals surface area contributed by atoms with E-state index >= 15 is 0 Å². The Morgan fingerprint density at radius 2 is 1.51 bits per heavy atom. The summed E-state index contributed by atoms with van der Waals surface area (Å²) < 4.78 is 27.6. The first kappa shape index (κ1) is 33.7. The average molecular weight is 677 g/mol. The number of aromatic nitrogens is 1. The van der Waals surface area contributed by atoms with Crippen LogP contribution in [0.5, 0.6) is 0 Å². The summed E-state index contributed by atoms with van der Waals surface area (Å²) in [6.07, 6.45) is 3.51. The van der Waals surface area contributed by atoms with Gasteiger partial charge in [-0.1, -0.05) is 0 Å². The third-order valence-corrected chi connectivity index (χ3v) is 12.0. The lowest BCUT2D eigenvalue weighted by Crippen LogP contribution is -2.52. The van der Waals surface area contributed by atoms with Crippen molar-refractivity contribution in [2.45, 2.75) is 83.0 Å². The van der Waals surface area contributed by atoms with Crippen LogP contribution in [0.1, 0.15) is 79.3 Å². The number of hydrogen-bond donors (Lipinski definition) is 0. The van der Waals surface area contributed by atoms with E-state index in [4.69, 9.17) is 4.98 Å². The number of halogens is 2. The highest BCUT2D eigenvalue weighted by Gasteiger charge is 2.39. The number of rotatable bonds is 4. The Morgan fingerprint density at radius 1 is 0.851 bits per heavy atom. The molecule has 0 N–H and O–H groups in total. The van der Waals surface area contributed by atoms with Gasteiger partial charge in [0.2, 0.25) is 29.5 Å². The molecule has 6 bridgehead atoms. The number of piperidine rings is 3. The van der Waals surface area contributed by atoms with Crippen LogP contribution >= 0.6 is 11.3 Å². The molecule has 0 aromatic carbocycles. The van der Waals surface area contributed by atoms with Crippen molar-refractivity contribution in [3.63, 3.8) is 0 Å². The van der Waals surface area contributed by atoms with Gasteiger partial charge in [0.25, 0.3) is 5.92 Å². The van der Waals surface area contributed by atoms with E-state index in [-0.39, 0.29) is 80.9 Å². The fraction of sp³-hybridized carbons (Fsp3) is 0.758. The van der Waals surface area contributed by atoms with Gasteiger partial charge in [0.05, 0.1) is 17.1 Å². The van der Waals surface area contributed by atoms with E-state index in [2.05, 4.69) is 0 Å². The van der Waals surface area contributed by atoms with Gasteiger partial charge < -0.3 is 24.5 Å². The fourth-order valence-electron chi connectivity index (χ4n) is 7.74. The number of likely N-dealkylation sites (tertiary alicyclic amines) is 2. The van der Waals surface area contributed by atoms with E-state index in [9.17, 15) is 32.8 Å². The van der Waals surface area contributed by atoms with Crippen LogP contribution in [0.4, 0.5) is 8.78 Å². The molecule has 0 aliphatic carbocycles. The van der Waals surface area contributed by atoms with E-state index in [1.165, 1.54) is 9.80 Å². The second kappa shape index (κ2) is 14.1. The molecule has 14 heteroatoms. The summed E-state index contributed by atoms with van der Waals surface area (Å²) in [5.74, 6) is -4.23. The number of fused-ring (bicyclic) bond motifs is 7. The summed E-state index contributed by atoms with van der Waals surface area (Å²) >= 11 is 1.61. The van der Waals surface area contributed by atoms with Crippen LogP contribution in [0.3, 0.4) is 0 Å². The highest BCUT2D eigenvalue weighted by molar-refractivity contribution is 7.11. The summed E-state index contributed by atoms with van der Waals surface area (Å²) in [5.41, 5.74) is 0.775. The van der Waals surface area contributed by atoms with Gasteiger partial charge in [0.1, 0.15) is 13.1 Å². The molecule has 2 atom stereocenters. The first-order valence-electron chi connectivity index (χ1n) is 17.2. The SMILES string of the molecule is Cc1sc2nc1CC(=O)N1CC[C@@H](CC(=O)N3CCCC3)[C@@H](CC(=O)N(CC(=O)N3CCC(F)(F)CC3)CC(=O)N3CCC2CC3)C1. The quantitative estimate of drug-likeness (QED) is 0.485. The third kappa shape index (κ3) is 7.94. The molecule has 1 aromatic rings. The molecule has 4 saturated heterocycles. The zero-order chi connectivity index (χ0) is 33.3. The van der Waals surface area contributed by atoms with Crippen LogP contribution in [0.25, 0.3) is 0 Å². The summed E-state index contributed by atoms with van der Waals surface area (Å²) in [6, 6.07) is 0. The van der Waals surface area contributed by atoms with Crippen LogP contribution in [-0.4, -0.2) is 130 Å². The third-order valence-electron chi connectivity index (χ3n) is 10.9. The van der Waals surface area contributed by atoms with Crippen molar-refractivity contribution in [3.8, 4) is 0 Å². The monoisotopic (exact) mass is 676 g/mol. The number of aryl methyl sites for hydroxylation is 1. The number of thiazole rings is 1. The molecule has 1 aromatic heterocycles. The summed E-state index contributed by atoms with van der Waals surface area (Å²) in [6.45, 7) is 4.34. The van der Waals surface area contributed by atoms with Gasteiger partial charge in [0.15, 0.2) is 0 Å². The fourth-order valence-corrected chi connectivity index (χ4v) is 8.85. The molecule has 0 spiro atoms. The molecule has 5 amide bonds.